The van der Waals surface area contributed by atoms with Gasteiger partial charge in [0.05, 0.1) is 26.1 Å². The van der Waals surface area contributed by atoms with E-state index in [1.165, 1.54) is 14.2 Å². The van der Waals surface area contributed by atoms with Gasteiger partial charge in [0.15, 0.2) is 3.79 Å². The summed E-state index contributed by atoms with van der Waals surface area (Å²) in [4.78, 5) is 24.6. The number of rotatable bonds is 2. The molecule has 8 atom stereocenters. The van der Waals surface area contributed by atoms with E-state index in [2.05, 4.69) is 0 Å². The highest BCUT2D eigenvalue weighted by Gasteiger charge is 2.69. The molecule has 2 bridgehead atoms. The quantitative estimate of drug-likeness (QED) is 0.405. The number of ether oxygens (including phenoxy) is 2. The Morgan fingerprint density at radius 3 is 1.74 bits per heavy atom. The van der Waals surface area contributed by atoms with Crippen LogP contribution in [0.5, 0.6) is 0 Å². The van der Waals surface area contributed by atoms with Gasteiger partial charge in [-0.05, 0) is 23.7 Å². The van der Waals surface area contributed by atoms with Crippen LogP contribution in [0.25, 0.3) is 0 Å². The number of hydrogen-bond donors (Lipinski definition) is 0. The number of methoxy groups -OCH3 is 2. The molecular weight excluding hydrogens is 386 g/mol. The Labute approximate surface area is 154 Å². The van der Waals surface area contributed by atoms with Crippen molar-refractivity contribution in [1.82, 2.24) is 0 Å². The molecule has 2 fully saturated rings. The minimum absolute atomic E-state index is 0.0164. The maximum Gasteiger partial charge on any atom is 0.310 e. The van der Waals surface area contributed by atoms with E-state index in [0.29, 0.717) is 0 Å². The zero-order valence-corrected chi connectivity index (χ0v) is 15.4. The topological polar surface area (TPSA) is 52.6 Å². The lowest BCUT2D eigenvalue weighted by Gasteiger charge is -2.64. The fraction of sp³-hybridized carbons (Fsp3) is 0.733. The molecule has 0 unspecified atom stereocenters. The Balaban J connectivity index is 2.01. The zero-order valence-electron chi connectivity index (χ0n) is 12.4. The summed E-state index contributed by atoms with van der Waals surface area (Å²) in [6, 6.07) is 0. The van der Waals surface area contributed by atoms with Crippen molar-refractivity contribution in [3.8, 4) is 0 Å². The number of fused-ring (bicyclic) bond motifs is 1. The first kappa shape index (κ1) is 17.7. The molecule has 2 saturated carbocycles. The second-order valence-corrected chi connectivity index (χ2v) is 9.18. The number of halogens is 4. The number of allylic oxidation sites excluding steroid dienone is 2. The van der Waals surface area contributed by atoms with Gasteiger partial charge in [-0.3, -0.25) is 9.59 Å². The molecule has 8 heteroatoms. The third kappa shape index (κ3) is 2.48. The van der Waals surface area contributed by atoms with Gasteiger partial charge in [-0.15, -0.1) is 11.6 Å². The van der Waals surface area contributed by atoms with Crippen molar-refractivity contribution >= 4 is 58.3 Å². The molecule has 0 heterocycles. The van der Waals surface area contributed by atoms with Crippen LogP contribution in [0, 0.1) is 41.4 Å². The van der Waals surface area contributed by atoms with Gasteiger partial charge in [0.2, 0.25) is 0 Å². The van der Waals surface area contributed by atoms with Crippen LogP contribution in [-0.4, -0.2) is 35.3 Å². The normalized spacial score (nSPS) is 44.3. The third-order valence-electron chi connectivity index (χ3n) is 5.56. The smallest absolute Gasteiger partial charge is 0.310 e. The highest BCUT2D eigenvalue weighted by atomic mass is 35.6. The Bertz CT molecular complexity index is 558. The average molecular weight is 402 g/mol. The molecule has 0 aliphatic heterocycles. The summed E-state index contributed by atoms with van der Waals surface area (Å²) >= 11 is 24.8. The van der Waals surface area contributed by atoms with Crippen molar-refractivity contribution in [2.24, 2.45) is 41.4 Å². The molecule has 0 aromatic carbocycles. The molecule has 0 N–H and O–H groups in total. The Morgan fingerprint density at radius 2 is 1.35 bits per heavy atom. The largest absolute Gasteiger partial charge is 0.469 e. The van der Waals surface area contributed by atoms with E-state index in [0.717, 1.165) is 0 Å². The second-order valence-electron chi connectivity index (χ2n) is 6.30. The summed E-state index contributed by atoms with van der Waals surface area (Å²) in [5, 5.41) is -0.365. The van der Waals surface area contributed by atoms with Crippen molar-refractivity contribution in [3.63, 3.8) is 0 Å². The summed E-state index contributed by atoms with van der Waals surface area (Å²) < 4.78 is 8.30. The Morgan fingerprint density at radius 1 is 0.913 bits per heavy atom. The molecule has 0 aromatic rings. The van der Waals surface area contributed by atoms with Crippen LogP contribution in [-0.2, 0) is 19.1 Å². The molecule has 0 saturated heterocycles. The molecule has 0 spiro atoms. The van der Waals surface area contributed by atoms with E-state index >= 15 is 0 Å². The number of alkyl halides is 4. The maximum atomic E-state index is 12.3. The molecular formula is C15H16Cl4O4. The van der Waals surface area contributed by atoms with Gasteiger partial charge < -0.3 is 9.47 Å². The first-order valence-electron chi connectivity index (χ1n) is 7.28. The van der Waals surface area contributed by atoms with Gasteiger partial charge in [0, 0.05) is 11.3 Å². The highest BCUT2D eigenvalue weighted by molar-refractivity contribution is 6.68. The van der Waals surface area contributed by atoms with Gasteiger partial charge in [0.25, 0.3) is 0 Å². The van der Waals surface area contributed by atoms with Gasteiger partial charge in [-0.1, -0.05) is 47.0 Å². The lowest BCUT2D eigenvalue weighted by atomic mass is 9.43. The molecule has 4 rings (SSSR count). The fourth-order valence-corrected chi connectivity index (χ4v) is 6.44. The van der Waals surface area contributed by atoms with Crippen molar-refractivity contribution < 1.29 is 19.1 Å². The molecule has 128 valence electrons. The van der Waals surface area contributed by atoms with Gasteiger partial charge in [-0.25, -0.2) is 0 Å². The molecule has 23 heavy (non-hydrogen) atoms. The molecule has 0 aromatic heterocycles. The van der Waals surface area contributed by atoms with E-state index in [1.807, 2.05) is 12.2 Å². The van der Waals surface area contributed by atoms with E-state index in [4.69, 9.17) is 55.9 Å². The average Bonchev–Trinajstić information content (AvgIpc) is 2.49. The lowest BCUT2D eigenvalue weighted by Crippen LogP contribution is -2.67. The summed E-state index contributed by atoms with van der Waals surface area (Å²) in [6.07, 6.45) is 3.87. The standard InChI is InChI=1S/C15H16Cl4O4/c1-22-13(20)9-5-3-4-6(10(9)14(21)23-2)8-7(5)11(12(8)16)15(17,18)19/h3-12H,1-2H3/t5-,6+,7-,8-,9-,10+,11+,12-/m1/s1. The molecule has 0 amide bonds. The highest BCUT2D eigenvalue weighted by Crippen LogP contribution is 2.67. The van der Waals surface area contributed by atoms with E-state index < -0.39 is 27.6 Å². The Hall–Kier alpha value is -0.160. The first-order chi connectivity index (χ1) is 10.7. The van der Waals surface area contributed by atoms with Crippen LogP contribution in [0.4, 0.5) is 0 Å². The second kappa shape index (κ2) is 5.98. The van der Waals surface area contributed by atoms with Gasteiger partial charge >= 0.3 is 11.9 Å². The molecule has 0 radical (unpaired) electrons. The van der Waals surface area contributed by atoms with E-state index in [-0.39, 0.29) is 35.0 Å². The van der Waals surface area contributed by atoms with Gasteiger partial charge in [-0.2, -0.15) is 0 Å². The monoisotopic (exact) mass is 400 g/mol. The third-order valence-corrected chi connectivity index (χ3v) is 6.87. The van der Waals surface area contributed by atoms with Gasteiger partial charge in [0.1, 0.15) is 0 Å². The minimum atomic E-state index is -1.51. The lowest BCUT2D eigenvalue weighted by molar-refractivity contribution is -0.178. The van der Waals surface area contributed by atoms with Crippen LogP contribution < -0.4 is 0 Å². The van der Waals surface area contributed by atoms with Crippen LogP contribution in [0.2, 0.25) is 0 Å². The number of carbonyl (C=O) groups excluding carboxylic acids is 2. The Kier molecular flexibility index (Phi) is 4.59. The summed E-state index contributed by atoms with van der Waals surface area (Å²) in [5.74, 6) is -3.04. The number of carbonyl (C=O) groups is 2. The van der Waals surface area contributed by atoms with Crippen molar-refractivity contribution in [1.29, 1.82) is 0 Å². The molecule has 4 nitrogen and oxygen atoms in total. The van der Waals surface area contributed by atoms with Crippen molar-refractivity contribution in [2.45, 2.75) is 9.17 Å². The number of esters is 2. The van der Waals surface area contributed by atoms with Crippen LogP contribution >= 0.6 is 46.4 Å². The molecule has 4 aliphatic carbocycles. The maximum absolute atomic E-state index is 12.3. The number of hydrogen-bond acceptors (Lipinski definition) is 4. The summed E-state index contributed by atoms with van der Waals surface area (Å²) in [5.41, 5.74) is 0. The van der Waals surface area contributed by atoms with E-state index in [9.17, 15) is 9.59 Å². The van der Waals surface area contributed by atoms with Crippen LogP contribution in [0.15, 0.2) is 12.2 Å². The first-order valence-corrected chi connectivity index (χ1v) is 8.85. The van der Waals surface area contributed by atoms with Crippen molar-refractivity contribution in [2.75, 3.05) is 14.2 Å². The summed E-state index contributed by atoms with van der Waals surface area (Å²) in [7, 11) is 2.61. The zero-order chi connectivity index (χ0) is 17.1. The molecule has 4 aliphatic rings. The fourth-order valence-electron chi connectivity index (χ4n) is 4.71. The van der Waals surface area contributed by atoms with Crippen LogP contribution in [0.1, 0.15) is 0 Å². The predicted molar refractivity (Wildman–Crippen MR) is 87.5 cm³/mol. The van der Waals surface area contributed by atoms with E-state index in [1.54, 1.807) is 0 Å². The SMILES string of the molecule is COC(=O)[C@@H]1[C@@H]2C=C[C@H]([C@@H]1C(=O)OC)[C@H]1[C@@H](Cl)[C@@H](C(Cl)(Cl)Cl)[C@H]21. The predicted octanol–water partition coefficient (Wildman–Crippen LogP) is 3.22. The summed E-state index contributed by atoms with van der Waals surface area (Å²) in [6.45, 7) is 0. The van der Waals surface area contributed by atoms with Crippen molar-refractivity contribution in [3.05, 3.63) is 12.2 Å². The van der Waals surface area contributed by atoms with Crippen LogP contribution in [0.3, 0.4) is 0 Å². The minimum Gasteiger partial charge on any atom is -0.469 e.